The Morgan fingerprint density at radius 2 is 1.92 bits per heavy atom. The number of aromatic nitrogens is 1. The lowest BCUT2D eigenvalue weighted by Gasteiger charge is -2.37. The zero-order chi connectivity index (χ0) is 25.5. The summed E-state index contributed by atoms with van der Waals surface area (Å²) in [5.74, 6) is -0.663. The second-order valence-electron chi connectivity index (χ2n) is 10.4. The highest BCUT2D eigenvalue weighted by Crippen LogP contribution is 2.46. The Bertz CT molecular complexity index is 1420. The van der Waals surface area contributed by atoms with E-state index < -0.39 is 12.1 Å². The number of hydrogen-bond acceptors (Lipinski definition) is 3. The van der Waals surface area contributed by atoms with Crippen LogP contribution < -0.4 is 10.6 Å². The van der Waals surface area contributed by atoms with Crippen molar-refractivity contribution in [2.24, 2.45) is 0 Å². The minimum Gasteiger partial charge on any atom is -0.356 e. The third-order valence-electron chi connectivity index (χ3n) is 8.04. The number of allylic oxidation sites excluding steroid dienone is 1. The molecule has 0 unspecified atom stereocenters. The summed E-state index contributed by atoms with van der Waals surface area (Å²) in [5, 5.41) is 6.93. The van der Waals surface area contributed by atoms with Crippen LogP contribution in [-0.4, -0.2) is 46.2 Å². The number of benzene rings is 2. The normalized spacial score (nSPS) is 21.1. The van der Waals surface area contributed by atoms with Gasteiger partial charge in [-0.1, -0.05) is 48.0 Å². The van der Waals surface area contributed by atoms with Crippen LogP contribution in [0.4, 0.5) is 0 Å². The van der Waals surface area contributed by atoms with E-state index >= 15 is 0 Å². The van der Waals surface area contributed by atoms with E-state index in [1.807, 2.05) is 42.5 Å². The van der Waals surface area contributed by atoms with Crippen molar-refractivity contribution in [1.82, 2.24) is 20.5 Å². The van der Waals surface area contributed by atoms with Crippen LogP contribution in [0, 0.1) is 0 Å². The molecule has 3 amide bonds. The van der Waals surface area contributed by atoms with Gasteiger partial charge in [-0.3, -0.25) is 14.4 Å². The molecule has 0 saturated carbocycles. The fourth-order valence-corrected chi connectivity index (χ4v) is 6.14. The average Bonchev–Trinajstić information content (AvgIpc) is 3.44. The predicted molar refractivity (Wildman–Crippen MR) is 142 cm³/mol. The average molecular weight is 497 g/mol. The highest BCUT2D eigenvalue weighted by atomic mass is 16.2. The molecule has 2 aromatic carbocycles. The molecular formula is C30H32N4O3. The van der Waals surface area contributed by atoms with Gasteiger partial charge in [0.15, 0.2) is 0 Å². The van der Waals surface area contributed by atoms with Crippen LogP contribution in [0.2, 0.25) is 0 Å². The first-order chi connectivity index (χ1) is 18.0. The Morgan fingerprint density at radius 1 is 1.11 bits per heavy atom. The first kappa shape index (κ1) is 23.5. The molecule has 0 spiro atoms. The van der Waals surface area contributed by atoms with Crippen molar-refractivity contribution in [3.63, 3.8) is 0 Å². The number of nitrogens with one attached hydrogen (secondary N) is 3. The zero-order valence-corrected chi connectivity index (χ0v) is 21.0. The summed E-state index contributed by atoms with van der Waals surface area (Å²) in [6, 6.07) is 13.8. The highest BCUT2D eigenvalue weighted by molar-refractivity contribution is 6.04. The molecule has 3 aromatic rings. The first-order valence-electron chi connectivity index (χ1n) is 13.3. The number of carbonyl (C=O) groups excluding carboxylic acids is 3. The van der Waals surface area contributed by atoms with Crippen LogP contribution >= 0.6 is 0 Å². The number of H-pyrrole nitrogens is 1. The summed E-state index contributed by atoms with van der Waals surface area (Å²) in [7, 11) is 0. The molecule has 190 valence electrons. The molecule has 3 N–H and O–H groups in total. The van der Waals surface area contributed by atoms with Gasteiger partial charge >= 0.3 is 0 Å². The van der Waals surface area contributed by atoms with E-state index in [1.54, 1.807) is 11.8 Å². The minimum absolute atomic E-state index is 0.150. The lowest BCUT2D eigenvalue weighted by atomic mass is 9.90. The SMILES string of the molecule is C[C@H](NC(=O)[C@H]1Cc2c([nH]c3ccccc23)[C@@H]2c3ccccc3C(=O)N21)C(=O)NCCC1=CCCCC1. The van der Waals surface area contributed by atoms with Gasteiger partial charge in [-0.25, -0.2) is 0 Å². The van der Waals surface area contributed by atoms with Crippen molar-refractivity contribution < 1.29 is 14.4 Å². The third-order valence-corrected chi connectivity index (χ3v) is 8.04. The van der Waals surface area contributed by atoms with E-state index in [4.69, 9.17) is 0 Å². The standard InChI is InChI=1S/C30H32N4O3/c1-18(28(35)31-16-15-19-9-3-2-4-10-19)32-29(36)25-17-23-20-11-7-8-14-24(20)33-26(23)27-21-12-5-6-13-22(21)30(37)34(25)27/h5-9,11-14,18,25,27,33H,2-4,10,15-17H2,1H3,(H,31,35)(H,32,36)/t18-,25+,27-/m0/s1. The fourth-order valence-electron chi connectivity index (χ4n) is 6.14. The summed E-state index contributed by atoms with van der Waals surface area (Å²) in [4.78, 5) is 45.2. The number of nitrogens with zero attached hydrogens (tertiary/aromatic N) is 1. The van der Waals surface area contributed by atoms with Crippen molar-refractivity contribution in [3.05, 3.63) is 82.6 Å². The van der Waals surface area contributed by atoms with Gasteiger partial charge in [-0.15, -0.1) is 0 Å². The summed E-state index contributed by atoms with van der Waals surface area (Å²) in [5.41, 5.74) is 5.94. The summed E-state index contributed by atoms with van der Waals surface area (Å²) in [6.45, 7) is 2.26. The Hall–Kier alpha value is -3.87. The van der Waals surface area contributed by atoms with Crippen molar-refractivity contribution in [1.29, 1.82) is 0 Å². The molecule has 0 bridgehead atoms. The Labute approximate surface area is 216 Å². The van der Waals surface area contributed by atoms with E-state index in [2.05, 4.69) is 27.8 Å². The Morgan fingerprint density at radius 3 is 2.76 bits per heavy atom. The summed E-state index contributed by atoms with van der Waals surface area (Å²) >= 11 is 0. The molecule has 3 aliphatic rings. The smallest absolute Gasteiger partial charge is 0.255 e. The molecule has 3 heterocycles. The number of hydrogen-bond donors (Lipinski definition) is 3. The number of carbonyl (C=O) groups is 3. The number of aromatic amines is 1. The Kier molecular flexibility index (Phi) is 6.07. The topological polar surface area (TPSA) is 94.3 Å². The maximum atomic E-state index is 13.6. The molecule has 1 aliphatic carbocycles. The van der Waals surface area contributed by atoms with Crippen molar-refractivity contribution in [2.45, 2.75) is 63.6 Å². The highest BCUT2D eigenvalue weighted by Gasteiger charge is 2.49. The van der Waals surface area contributed by atoms with Crippen LogP contribution in [0.5, 0.6) is 0 Å². The van der Waals surface area contributed by atoms with Crippen molar-refractivity contribution in [3.8, 4) is 0 Å². The van der Waals surface area contributed by atoms with Gasteiger partial charge in [-0.05, 0) is 62.3 Å². The van der Waals surface area contributed by atoms with Gasteiger partial charge in [0, 0.05) is 35.1 Å². The largest absolute Gasteiger partial charge is 0.356 e. The quantitative estimate of drug-likeness (QED) is 0.448. The predicted octanol–water partition coefficient (Wildman–Crippen LogP) is 4.15. The monoisotopic (exact) mass is 496 g/mol. The van der Waals surface area contributed by atoms with E-state index in [1.165, 1.54) is 18.4 Å². The van der Waals surface area contributed by atoms with Crippen molar-refractivity contribution >= 4 is 28.6 Å². The van der Waals surface area contributed by atoms with Crippen LogP contribution in [0.3, 0.4) is 0 Å². The molecule has 0 saturated heterocycles. The second kappa shape index (κ2) is 9.54. The third kappa shape index (κ3) is 4.12. The second-order valence-corrected chi connectivity index (χ2v) is 10.4. The zero-order valence-electron chi connectivity index (χ0n) is 21.0. The fraction of sp³-hybridized carbons (Fsp3) is 0.367. The van der Waals surface area contributed by atoms with Gasteiger partial charge < -0.3 is 20.5 Å². The Balaban J connectivity index is 1.23. The molecule has 1 aromatic heterocycles. The molecule has 3 atom stereocenters. The van der Waals surface area contributed by atoms with Gasteiger partial charge in [0.25, 0.3) is 5.91 Å². The van der Waals surface area contributed by atoms with Crippen LogP contribution in [0.15, 0.2) is 60.2 Å². The molecule has 37 heavy (non-hydrogen) atoms. The van der Waals surface area contributed by atoms with Gasteiger partial charge in [0.1, 0.15) is 12.1 Å². The van der Waals surface area contributed by atoms with Gasteiger partial charge in [0.05, 0.1) is 6.04 Å². The maximum absolute atomic E-state index is 13.6. The van der Waals surface area contributed by atoms with E-state index in [9.17, 15) is 14.4 Å². The molecule has 0 fully saturated rings. The van der Waals surface area contributed by atoms with Crippen LogP contribution in [0.25, 0.3) is 10.9 Å². The molecular weight excluding hydrogens is 464 g/mol. The number of fused-ring (bicyclic) bond motifs is 7. The van der Waals surface area contributed by atoms with E-state index in [0.717, 1.165) is 47.0 Å². The minimum atomic E-state index is -0.709. The van der Waals surface area contributed by atoms with Crippen LogP contribution in [-0.2, 0) is 16.0 Å². The number of amides is 3. The number of para-hydroxylation sites is 1. The number of rotatable bonds is 6. The summed E-state index contributed by atoms with van der Waals surface area (Å²) in [6.07, 6.45) is 8.20. The van der Waals surface area contributed by atoms with Gasteiger partial charge in [0.2, 0.25) is 11.8 Å². The van der Waals surface area contributed by atoms with Crippen molar-refractivity contribution in [2.75, 3.05) is 6.54 Å². The lowest BCUT2D eigenvalue weighted by molar-refractivity contribution is -0.131. The molecule has 7 nitrogen and oxygen atoms in total. The molecule has 7 heteroatoms. The molecule has 2 aliphatic heterocycles. The molecule has 6 rings (SSSR count). The maximum Gasteiger partial charge on any atom is 0.255 e. The lowest BCUT2D eigenvalue weighted by Crippen LogP contribution is -2.56. The summed E-state index contributed by atoms with van der Waals surface area (Å²) < 4.78 is 0. The van der Waals surface area contributed by atoms with E-state index in [0.29, 0.717) is 18.5 Å². The molecule has 0 radical (unpaired) electrons. The first-order valence-corrected chi connectivity index (χ1v) is 13.3. The van der Waals surface area contributed by atoms with Gasteiger partial charge in [-0.2, -0.15) is 0 Å². The van der Waals surface area contributed by atoms with E-state index in [-0.39, 0.29) is 23.8 Å². The van der Waals surface area contributed by atoms with Crippen LogP contribution in [0.1, 0.15) is 72.2 Å².